The Morgan fingerprint density at radius 2 is 2.30 bits per heavy atom. The van der Waals surface area contributed by atoms with Gasteiger partial charge in [-0.25, -0.2) is 9.78 Å². The molecule has 8 heteroatoms. The molecule has 2 heterocycles. The summed E-state index contributed by atoms with van der Waals surface area (Å²) in [5.41, 5.74) is 0.871. The lowest BCUT2D eigenvalue weighted by Gasteiger charge is -2.17. The van der Waals surface area contributed by atoms with Gasteiger partial charge in [-0.1, -0.05) is 29.4 Å². The Kier molecular flexibility index (Phi) is 4.58. The molecule has 6 nitrogen and oxygen atoms in total. The minimum Gasteiger partial charge on any atom is -0.336 e. The molecule has 3 amide bonds. The summed E-state index contributed by atoms with van der Waals surface area (Å²) in [6.45, 7) is 2.68. The summed E-state index contributed by atoms with van der Waals surface area (Å²) < 4.78 is 1.87. The van der Waals surface area contributed by atoms with Gasteiger partial charge in [-0.05, 0) is 25.1 Å². The first-order chi connectivity index (χ1) is 11.1. The molecule has 23 heavy (non-hydrogen) atoms. The van der Waals surface area contributed by atoms with Gasteiger partial charge in [0.25, 0.3) is 0 Å². The summed E-state index contributed by atoms with van der Waals surface area (Å²) in [4.78, 5) is 29.5. The number of amides is 3. The number of halogens is 1. The van der Waals surface area contributed by atoms with Gasteiger partial charge in [-0.2, -0.15) is 0 Å². The minimum atomic E-state index is -0.417. The molecule has 0 unspecified atom stereocenters. The number of imidazole rings is 1. The smallest absolute Gasteiger partial charge is 0.324 e. The van der Waals surface area contributed by atoms with Crippen molar-refractivity contribution in [1.29, 1.82) is 0 Å². The summed E-state index contributed by atoms with van der Waals surface area (Å²) in [5, 5.41) is 3.52. The fraction of sp³-hybridized carbons (Fsp3) is 0.267. The van der Waals surface area contributed by atoms with E-state index in [2.05, 4.69) is 10.3 Å². The van der Waals surface area contributed by atoms with E-state index in [4.69, 9.17) is 11.6 Å². The van der Waals surface area contributed by atoms with E-state index in [0.29, 0.717) is 23.3 Å². The average Bonchev–Trinajstić information content (AvgIpc) is 3.15. The molecule has 1 aromatic carbocycles. The van der Waals surface area contributed by atoms with Crippen LogP contribution in [-0.4, -0.2) is 44.7 Å². The van der Waals surface area contributed by atoms with Crippen LogP contribution in [0.3, 0.4) is 0 Å². The van der Waals surface area contributed by atoms with Crippen molar-refractivity contribution in [2.45, 2.75) is 17.3 Å². The van der Waals surface area contributed by atoms with E-state index in [0.717, 1.165) is 5.69 Å². The van der Waals surface area contributed by atoms with Crippen LogP contribution in [0.5, 0.6) is 0 Å². The lowest BCUT2D eigenvalue weighted by atomic mass is 10.3. The van der Waals surface area contributed by atoms with Crippen molar-refractivity contribution in [3.63, 3.8) is 0 Å². The van der Waals surface area contributed by atoms with Crippen LogP contribution >= 0.6 is 23.4 Å². The number of rotatable bonds is 4. The lowest BCUT2D eigenvalue weighted by Crippen LogP contribution is -2.39. The molecule has 1 aliphatic rings. The average molecular weight is 351 g/mol. The third kappa shape index (κ3) is 3.35. The van der Waals surface area contributed by atoms with Crippen LogP contribution in [0.2, 0.25) is 5.02 Å². The van der Waals surface area contributed by atoms with E-state index in [-0.39, 0.29) is 11.9 Å². The van der Waals surface area contributed by atoms with Gasteiger partial charge >= 0.3 is 6.03 Å². The van der Waals surface area contributed by atoms with Crippen LogP contribution in [0.25, 0.3) is 5.69 Å². The van der Waals surface area contributed by atoms with Crippen molar-refractivity contribution in [2.24, 2.45) is 0 Å². The first-order valence-electron chi connectivity index (χ1n) is 7.11. The normalized spacial score (nSPS) is 15.6. The molecule has 120 valence electrons. The van der Waals surface area contributed by atoms with Gasteiger partial charge in [0.1, 0.15) is 0 Å². The van der Waals surface area contributed by atoms with Crippen LogP contribution in [0.15, 0.2) is 41.8 Å². The Balaban J connectivity index is 1.77. The summed E-state index contributed by atoms with van der Waals surface area (Å²) in [6.07, 6.45) is 3.48. The highest BCUT2D eigenvalue weighted by Crippen LogP contribution is 2.26. The Bertz CT molecular complexity index is 749. The van der Waals surface area contributed by atoms with Crippen molar-refractivity contribution in [3.05, 3.63) is 41.7 Å². The maximum absolute atomic E-state index is 12.4. The lowest BCUT2D eigenvalue weighted by molar-refractivity contribution is -0.126. The molecule has 1 atom stereocenters. The van der Waals surface area contributed by atoms with Crippen LogP contribution in [0.4, 0.5) is 4.79 Å². The van der Waals surface area contributed by atoms with Gasteiger partial charge < -0.3 is 5.32 Å². The SMILES string of the molecule is C[C@@H](Sc1nccn1-c1cccc(Cl)c1)C(=O)N1CCNC1=O. The third-order valence-electron chi connectivity index (χ3n) is 3.45. The van der Waals surface area contributed by atoms with Gasteiger partial charge in [-0.3, -0.25) is 14.3 Å². The van der Waals surface area contributed by atoms with Gasteiger partial charge in [0.05, 0.1) is 5.25 Å². The van der Waals surface area contributed by atoms with Gasteiger partial charge in [0, 0.05) is 36.2 Å². The van der Waals surface area contributed by atoms with Crippen molar-refractivity contribution >= 4 is 35.3 Å². The van der Waals surface area contributed by atoms with Gasteiger partial charge in [0.2, 0.25) is 5.91 Å². The molecule has 2 aromatic rings. The number of hydrogen-bond donors (Lipinski definition) is 1. The highest BCUT2D eigenvalue weighted by atomic mass is 35.5. The monoisotopic (exact) mass is 350 g/mol. The second-order valence-corrected chi connectivity index (χ2v) is 6.79. The molecule has 0 aliphatic carbocycles. The quantitative estimate of drug-likeness (QED) is 0.860. The molecule has 1 fully saturated rings. The minimum absolute atomic E-state index is 0.217. The van der Waals surface area contributed by atoms with Crippen molar-refractivity contribution < 1.29 is 9.59 Å². The molecule has 0 bridgehead atoms. The van der Waals surface area contributed by atoms with Gasteiger partial charge in [-0.15, -0.1) is 0 Å². The summed E-state index contributed by atoms with van der Waals surface area (Å²) >= 11 is 7.34. The van der Waals surface area contributed by atoms with E-state index in [1.165, 1.54) is 16.7 Å². The summed E-state index contributed by atoms with van der Waals surface area (Å²) in [5.74, 6) is -0.217. The van der Waals surface area contributed by atoms with Crippen molar-refractivity contribution in [3.8, 4) is 5.69 Å². The van der Waals surface area contributed by atoms with Crippen molar-refractivity contribution in [1.82, 2.24) is 19.8 Å². The molecule has 0 radical (unpaired) electrons. The van der Waals surface area contributed by atoms with E-state index < -0.39 is 5.25 Å². The Morgan fingerprint density at radius 3 is 3.00 bits per heavy atom. The van der Waals surface area contributed by atoms with E-state index in [1.54, 1.807) is 19.2 Å². The van der Waals surface area contributed by atoms with Crippen LogP contribution in [0, 0.1) is 0 Å². The Labute approximate surface area is 142 Å². The number of thioether (sulfide) groups is 1. The van der Waals surface area contributed by atoms with Crippen molar-refractivity contribution in [2.75, 3.05) is 13.1 Å². The second-order valence-electron chi connectivity index (χ2n) is 5.04. The highest BCUT2D eigenvalue weighted by Gasteiger charge is 2.30. The number of aromatic nitrogens is 2. The number of nitrogens with zero attached hydrogens (tertiary/aromatic N) is 3. The Hall–Kier alpha value is -1.99. The number of nitrogens with one attached hydrogen (secondary N) is 1. The molecule has 0 spiro atoms. The fourth-order valence-corrected chi connectivity index (χ4v) is 3.44. The van der Waals surface area contributed by atoms with Crippen LogP contribution in [-0.2, 0) is 4.79 Å². The zero-order chi connectivity index (χ0) is 16.4. The number of carbonyl (C=O) groups excluding carboxylic acids is 2. The summed E-state index contributed by atoms with van der Waals surface area (Å²) in [7, 11) is 0. The molecular weight excluding hydrogens is 336 g/mol. The predicted molar refractivity (Wildman–Crippen MR) is 89.0 cm³/mol. The fourth-order valence-electron chi connectivity index (χ4n) is 2.31. The van der Waals surface area contributed by atoms with Crippen LogP contribution < -0.4 is 5.32 Å². The molecule has 1 aromatic heterocycles. The first-order valence-corrected chi connectivity index (χ1v) is 8.37. The maximum Gasteiger partial charge on any atom is 0.324 e. The third-order valence-corrected chi connectivity index (χ3v) is 4.75. The zero-order valence-electron chi connectivity index (χ0n) is 12.4. The topological polar surface area (TPSA) is 67.2 Å². The number of imide groups is 1. The second kappa shape index (κ2) is 6.64. The molecule has 0 saturated carbocycles. The van der Waals surface area contributed by atoms with E-state index >= 15 is 0 Å². The molecular formula is C15H15ClN4O2S. The molecule has 1 saturated heterocycles. The summed E-state index contributed by atoms with van der Waals surface area (Å²) in [6, 6.07) is 7.06. The highest BCUT2D eigenvalue weighted by molar-refractivity contribution is 8.00. The largest absolute Gasteiger partial charge is 0.336 e. The maximum atomic E-state index is 12.4. The molecule has 1 aliphatic heterocycles. The molecule has 3 rings (SSSR count). The zero-order valence-corrected chi connectivity index (χ0v) is 14.0. The standard InChI is InChI=1S/C15H15ClN4O2S/c1-10(13(21)20-8-5-17-14(20)22)23-15-18-6-7-19(15)12-4-2-3-11(16)9-12/h2-4,6-7,9-10H,5,8H2,1H3,(H,17,22)/t10-/m1/s1. The predicted octanol–water partition coefficient (Wildman–Crippen LogP) is 2.56. The number of carbonyl (C=O) groups is 2. The Morgan fingerprint density at radius 1 is 1.48 bits per heavy atom. The molecule has 1 N–H and O–H groups in total. The van der Waals surface area contributed by atoms with Gasteiger partial charge in [0.15, 0.2) is 5.16 Å². The van der Waals surface area contributed by atoms with Crippen LogP contribution in [0.1, 0.15) is 6.92 Å². The van der Waals surface area contributed by atoms with E-state index in [9.17, 15) is 9.59 Å². The number of hydrogen-bond acceptors (Lipinski definition) is 4. The number of urea groups is 1. The van der Waals surface area contributed by atoms with E-state index in [1.807, 2.05) is 29.0 Å². The first kappa shape index (κ1) is 15.9. The number of benzene rings is 1.